The quantitative estimate of drug-likeness (QED) is 0.426. The maximum Gasteiger partial charge on any atom is 0.275 e. The van der Waals surface area contributed by atoms with E-state index in [2.05, 4.69) is 15.5 Å². The lowest BCUT2D eigenvalue weighted by molar-refractivity contribution is 0.0952. The van der Waals surface area contributed by atoms with Crippen molar-refractivity contribution in [2.24, 2.45) is 5.10 Å². The molecule has 0 aliphatic rings. The van der Waals surface area contributed by atoms with E-state index >= 15 is 0 Å². The molecule has 0 aliphatic carbocycles. The van der Waals surface area contributed by atoms with Crippen molar-refractivity contribution in [1.82, 2.24) is 10.4 Å². The van der Waals surface area contributed by atoms with Gasteiger partial charge in [-0.25, -0.2) is 10.4 Å². The average Bonchev–Trinajstić information content (AvgIpc) is 2.70. The van der Waals surface area contributed by atoms with Gasteiger partial charge < -0.3 is 5.11 Å². The minimum atomic E-state index is -0.474. The predicted molar refractivity (Wildman–Crippen MR) is 107 cm³/mol. The van der Waals surface area contributed by atoms with Crippen LogP contribution in [0.4, 0.5) is 0 Å². The normalized spacial score (nSPS) is 11.7. The van der Waals surface area contributed by atoms with Crippen LogP contribution in [0.3, 0.4) is 0 Å². The molecule has 27 heavy (non-hydrogen) atoms. The third-order valence-electron chi connectivity index (χ3n) is 4.40. The highest BCUT2D eigenvalue weighted by Crippen LogP contribution is 2.24. The van der Waals surface area contributed by atoms with Gasteiger partial charge in [0.05, 0.1) is 22.5 Å². The van der Waals surface area contributed by atoms with E-state index in [9.17, 15) is 9.90 Å². The van der Waals surface area contributed by atoms with Gasteiger partial charge in [0.15, 0.2) is 0 Å². The third-order valence-corrected chi connectivity index (χ3v) is 4.40. The van der Waals surface area contributed by atoms with Gasteiger partial charge in [-0.1, -0.05) is 48.5 Å². The minimum absolute atomic E-state index is 0.0807. The first-order chi connectivity index (χ1) is 13.1. The van der Waals surface area contributed by atoms with Crippen LogP contribution in [-0.2, 0) is 0 Å². The summed E-state index contributed by atoms with van der Waals surface area (Å²) in [6.45, 7) is 1.78. The summed E-state index contributed by atoms with van der Waals surface area (Å²) < 4.78 is 0. The number of carbonyl (C=O) groups is 1. The fourth-order valence-corrected chi connectivity index (χ4v) is 2.93. The van der Waals surface area contributed by atoms with Crippen LogP contribution in [0.5, 0.6) is 5.75 Å². The highest BCUT2D eigenvalue weighted by molar-refractivity contribution is 6.03. The number of hydrazone groups is 1. The summed E-state index contributed by atoms with van der Waals surface area (Å²) in [6.07, 6.45) is 0. The zero-order chi connectivity index (χ0) is 18.8. The lowest BCUT2D eigenvalue weighted by Gasteiger charge is -2.07. The zero-order valence-electron chi connectivity index (χ0n) is 14.7. The number of aromatic hydroxyl groups is 1. The molecule has 0 saturated carbocycles. The van der Waals surface area contributed by atoms with Crippen LogP contribution < -0.4 is 5.43 Å². The smallest absolute Gasteiger partial charge is 0.275 e. The molecule has 4 rings (SSSR count). The average molecular weight is 355 g/mol. The summed E-state index contributed by atoms with van der Waals surface area (Å²) in [7, 11) is 0. The highest BCUT2D eigenvalue weighted by atomic mass is 16.3. The van der Waals surface area contributed by atoms with Crippen molar-refractivity contribution >= 4 is 33.3 Å². The summed E-state index contributed by atoms with van der Waals surface area (Å²) >= 11 is 0. The summed E-state index contributed by atoms with van der Waals surface area (Å²) in [6, 6.07) is 22.4. The van der Waals surface area contributed by atoms with Crippen LogP contribution in [0.2, 0.25) is 0 Å². The summed E-state index contributed by atoms with van der Waals surface area (Å²) in [4.78, 5) is 17.0. The molecule has 2 N–H and O–H groups in total. The van der Waals surface area contributed by atoms with Gasteiger partial charge in [0.1, 0.15) is 5.75 Å². The molecule has 0 fully saturated rings. The van der Waals surface area contributed by atoms with Gasteiger partial charge in [0, 0.05) is 5.39 Å². The van der Waals surface area contributed by atoms with Crippen molar-refractivity contribution in [3.63, 3.8) is 0 Å². The lowest BCUT2D eigenvalue weighted by Crippen LogP contribution is -2.19. The highest BCUT2D eigenvalue weighted by Gasteiger charge is 2.12. The standard InChI is InChI=1S/C22H17N3O2/c1-14(19-11-10-15-6-4-5-9-20(15)23-19)24-25-22(27)18-12-16-7-2-3-8-17(16)13-21(18)26/h2-13,26H,1H3,(H,25,27)/b24-14+. The second-order valence-corrected chi connectivity index (χ2v) is 6.24. The monoisotopic (exact) mass is 355 g/mol. The molecule has 1 aromatic heterocycles. The zero-order valence-corrected chi connectivity index (χ0v) is 14.7. The van der Waals surface area contributed by atoms with E-state index in [0.717, 1.165) is 21.7 Å². The second kappa shape index (κ2) is 6.88. The van der Waals surface area contributed by atoms with Crippen LogP contribution in [-0.4, -0.2) is 21.7 Å². The van der Waals surface area contributed by atoms with Crippen LogP contribution >= 0.6 is 0 Å². The number of hydrogen-bond donors (Lipinski definition) is 2. The number of hydrogen-bond acceptors (Lipinski definition) is 4. The van der Waals surface area contributed by atoms with Crippen molar-refractivity contribution in [3.8, 4) is 5.75 Å². The topological polar surface area (TPSA) is 74.6 Å². The molecule has 5 heteroatoms. The molecule has 3 aromatic carbocycles. The van der Waals surface area contributed by atoms with E-state index in [1.807, 2.05) is 60.7 Å². The van der Waals surface area contributed by atoms with E-state index < -0.39 is 5.91 Å². The first kappa shape index (κ1) is 16.7. The maximum absolute atomic E-state index is 12.5. The molecule has 0 radical (unpaired) electrons. The van der Waals surface area contributed by atoms with Gasteiger partial charge in [0.25, 0.3) is 5.91 Å². The number of benzene rings is 3. The Kier molecular flexibility index (Phi) is 4.26. The van der Waals surface area contributed by atoms with Crippen LogP contribution in [0.15, 0.2) is 77.9 Å². The molecule has 0 spiro atoms. The first-order valence-corrected chi connectivity index (χ1v) is 8.54. The van der Waals surface area contributed by atoms with Crippen LogP contribution in [0, 0.1) is 0 Å². The molecule has 0 atom stereocenters. The largest absolute Gasteiger partial charge is 0.507 e. The second-order valence-electron chi connectivity index (χ2n) is 6.24. The fourth-order valence-electron chi connectivity index (χ4n) is 2.93. The van der Waals surface area contributed by atoms with E-state index in [4.69, 9.17) is 0 Å². The first-order valence-electron chi connectivity index (χ1n) is 8.54. The van der Waals surface area contributed by atoms with Crippen LogP contribution in [0.25, 0.3) is 21.7 Å². The SMILES string of the molecule is C/C(=N\NC(=O)c1cc2ccccc2cc1O)c1ccc2ccccc2n1. The van der Waals surface area contributed by atoms with E-state index in [0.29, 0.717) is 11.4 Å². The number of carbonyl (C=O) groups excluding carboxylic acids is 1. The van der Waals surface area contributed by atoms with E-state index in [1.165, 1.54) is 0 Å². The number of nitrogens with zero attached hydrogens (tertiary/aromatic N) is 2. The molecule has 0 aliphatic heterocycles. The minimum Gasteiger partial charge on any atom is -0.507 e. The van der Waals surface area contributed by atoms with Crippen molar-refractivity contribution in [2.45, 2.75) is 6.92 Å². The molecular weight excluding hydrogens is 338 g/mol. The van der Waals surface area contributed by atoms with Gasteiger partial charge in [0.2, 0.25) is 0 Å². The number of pyridine rings is 1. The molecule has 1 amide bonds. The Hall–Kier alpha value is -3.73. The van der Waals surface area contributed by atoms with Crippen molar-refractivity contribution in [1.29, 1.82) is 0 Å². The number of para-hydroxylation sites is 1. The Bertz CT molecular complexity index is 1200. The van der Waals surface area contributed by atoms with Crippen molar-refractivity contribution < 1.29 is 9.90 Å². The Labute approximate surface area is 156 Å². The number of fused-ring (bicyclic) bond motifs is 2. The Balaban J connectivity index is 1.59. The maximum atomic E-state index is 12.5. The third kappa shape index (κ3) is 3.35. The number of aromatic nitrogens is 1. The molecule has 4 aromatic rings. The molecule has 0 saturated heterocycles. The Morgan fingerprint density at radius 1 is 0.926 bits per heavy atom. The van der Waals surface area contributed by atoms with E-state index in [1.54, 1.807) is 19.1 Å². The van der Waals surface area contributed by atoms with Gasteiger partial charge in [-0.3, -0.25) is 4.79 Å². The number of phenolic OH excluding ortho intramolecular Hbond substituents is 1. The van der Waals surface area contributed by atoms with Crippen LogP contribution in [0.1, 0.15) is 23.0 Å². The van der Waals surface area contributed by atoms with E-state index in [-0.39, 0.29) is 11.3 Å². The molecule has 0 bridgehead atoms. The molecule has 132 valence electrons. The molecule has 5 nitrogen and oxygen atoms in total. The fraction of sp³-hybridized carbons (Fsp3) is 0.0455. The Morgan fingerprint density at radius 2 is 1.59 bits per heavy atom. The van der Waals surface area contributed by atoms with Crippen molar-refractivity contribution in [3.05, 3.63) is 84.1 Å². The lowest BCUT2D eigenvalue weighted by atomic mass is 10.1. The van der Waals surface area contributed by atoms with Gasteiger partial charge in [-0.05, 0) is 42.0 Å². The van der Waals surface area contributed by atoms with Crippen molar-refractivity contribution in [2.75, 3.05) is 0 Å². The van der Waals surface area contributed by atoms with Gasteiger partial charge in [-0.15, -0.1) is 0 Å². The number of rotatable bonds is 3. The molecule has 0 unspecified atom stereocenters. The van der Waals surface area contributed by atoms with Gasteiger partial charge >= 0.3 is 0 Å². The number of phenols is 1. The Morgan fingerprint density at radius 3 is 2.37 bits per heavy atom. The molecular formula is C22H17N3O2. The summed E-state index contributed by atoms with van der Waals surface area (Å²) in [5.74, 6) is -0.554. The summed E-state index contributed by atoms with van der Waals surface area (Å²) in [5.41, 5.74) is 4.80. The van der Waals surface area contributed by atoms with Gasteiger partial charge in [-0.2, -0.15) is 5.10 Å². The molecule has 1 heterocycles. The number of nitrogens with one attached hydrogen (secondary N) is 1. The summed E-state index contributed by atoms with van der Waals surface area (Å²) in [5, 5.41) is 17.1. The number of amides is 1. The predicted octanol–water partition coefficient (Wildman–Crippen LogP) is 4.25.